The SMILES string of the molecule is CN(C)CC(C)(O)CNc1cc(Cl)nnc1Cl. The number of hydrogen-bond acceptors (Lipinski definition) is 5. The molecular formula is C10H16Cl2N4O. The smallest absolute Gasteiger partial charge is 0.174 e. The first-order chi connectivity index (χ1) is 7.80. The summed E-state index contributed by atoms with van der Waals surface area (Å²) >= 11 is 11.6. The lowest BCUT2D eigenvalue weighted by atomic mass is 10.1. The number of aromatic nitrogens is 2. The number of halogens is 2. The summed E-state index contributed by atoms with van der Waals surface area (Å²) in [4.78, 5) is 1.90. The van der Waals surface area contributed by atoms with Crippen molar-refractivity contribution in [3.63, 3.8) is 0 Å². The summed E-state index contributed by atoms with van der Waals surface area (Å²) < 4.78 is 0. The summed E-state index contributed by atoms with van der Waals surface area (Å²) in [6.07, 6.45) is 0. The van der Waals surface area contributed by atoms with Gasteiger partial charge in [-0.25, -0.2) is 0 Å². The monoisotopic (exact) mass is 278 g/mol. The molecule has 0 aromatic carbocycles. The van der Waals surface area contributed by atoms with Gasteiger partial charge < -0.3 is 15.3 Å². The number of nitrogens with zero attached hydrogens (tertiary/aromatic N) is 3. The number of nitrogens with one attached hydrogen (secondary N) is 1. The molecule has 1 rings (SSSR count). The van der Waals surface area contributed by atoms with Gasteiger partial charge in [-0.15, -0.1) is 10.2 Å². The van der Waals surface area contributed by atoms with Crippen LogP contribution in [0.15, 0.2) is 6.07 Å². The molecule has 0 fully saturated rings. The van der Waals surface area contributed by atoms with Crippen LogP contribution < -0.4 is 5.32 Å². The minimum atomic E-state index is -0.872. The Morgan fingerprint density at radius 3 is 2.65 bits per heavy atom. The third-order valence-corrected chi connectivity index (χ3v) is 2.50. The minimum absolute atomic E-state index is 0.232. The Morgan fingerprint density at radius 2 is 2.06 bits per heavy atom. The van der Waals surface area contributed by atoms with Crippen LogP contribution >= 0.6 is 23.2 Å². The van der Waals surface area contributed by atoms with Crippen LogP contribution in [0.4, 0.5) is 5.69 Å². The Labute approximate surface area is 111 Å². The van der Waals surface area contributed by atoms with E-state index in [9.17, 15) is 5.11 Å². The lowest BCUT2D eigenvalue weighted by Gasteiger charge is -2.27. The normalized spacial score (nSPS) is 14.8. The van der Waals surface area contributed by atoms with Gasteiger partial charge in [0.25, 0.3) is 0 Å². The van der Waals surface area contributed by atoms with Crippen LogP contribution in [-0.4, -0.2) is 53.0 Å². The topological polar surface area (TPSA) is 61.3 Å². The highest BCUT2D eigenvalue weighted by Gasteiger charge is 2.21. The number of likely N-dealkylation sites (N-methyl/N-ethyl adjacent to an activating group) is 1. The van der Waals surface area contributed by atoms with Crippen molar-refractivity contribution in [2.24, 2.45) is 0 Å². The van der Waals surface area contributed by atoms with Crippen LogP contribution in [0, 0.1) is 0 Å². The van der Waals surface area contributed by atoms with E-state index in [0.29, 0.717) is 18.8 Å². The summed E-state index contributed by atoms with van der Waals surface area (Å²) in [5.74, 6) is 0. The van der Waals surface area contributed by atoms with Crippen molar-refractivity contribution in [2.45, 2.75) is 12.5 Å². The molecule has 0 aliphatic heterocycles. The Hall–Kier alpha value is -0.620. The zero-order chi connectivity index (χ0) is 13.1. The maximum absolute atomic E-state index is 10.1. The molecule has 1 aromatic heterocycles. The largest absolute Gasteiger partial charge is 0.387 e. The fraction of sp³-hybridized carbons (Fsp3) is 0.600. The summed E-state index contributed by atoms with van der Waals surface area (Å²) in [6.45, 7) is 2.61. The molecule has 0 aliphatic carbocycles. The second kappa shape index (κ2) is 5.82. The van der Waals surface area contributed by atoms with Crippen LogP contribution in [-0.2, 0) is 0 Å². The highest BCUT2D eigenvalue weighted by molar-refractivity contribution is 6.33. The van der Waals surface area contributed by atoms with Gasteiger partial charge in [0.05, 0.1) is 11.3 Å². The molecule has 1 unspecified atom stereocenters. The average molecular weight is 279 g/mol. The second-order valence-electron chi connectivity index (χ2n) is 4.46. The zero-order valence-electron chi connectivity index (χ0n) is 10.0. The van der Waals surface area contributed by atoms with Gasteiger partial charge in [-0.1, -0.05) is 23.2 Å². The van der Waals surface area contributed by atoms with E-state index in [2.05, 4.69) is 15.5 Å². The van der Waals surface area contributed by atoms with Crippen LogP contribution in [0.25, 0.3) is 0 Å². The number of anilines is 1. The van der Waals surface area contributed by atoms with E-state index in [0.717, 1.165) is 0 Å². The molecule has 17 heavy (non-hydrogen) atoms. The minimum Gasteiger partial charge on any atom is -0.387 e. The summed E-state index contributed by atoms with van der Waals surface area (Å²) in [7, 11) is 3.79. The van der Waals surface area contributed by atoms with E-state index in [1.165, 1.54) is 0 Å². The Balaban J connectivity index is 2.63. The summed E-state index contributed by atoms with van der Waals surface area (Å²) in [5.41, 5.74) is -0.312. The van der Waals surface area contributed by atoms with Crippen molar-refractivity contribution in [2.75, 3.05) is 32.5 Å². The van der Waals surface area contributed by atoms with E-state index in [-0.39, 0.29) is 10.3 Å². The molecule has 1 aromatic rings. The maximum Gasteiger partial charge on any atom is 0.174 e. The van der Waals surface area contributed by atoms with Crippen LogP contribution in [0.5, 0.6) is 0 Å². The van der Waals surface area contributed by atoms with Crippen molar-refractivity contribution in [1.82, 2.24) is 15.1 Å². The van der Waals surface area contributed by atoms with Gasteiger partial charge in [-0.3, -0.25) is 0 Å². The second-order valence-corrected chi connectivity index (χ2v) is 5.21. The quantitative estimate of drug-likeness (QED) is 0.855. The van der Waals surface area contributed by atoms with Gasteiger partial charge in [0.2, 0.25) is 0 Å². The van der Waals surface area contributed by atoms with Crippen molar-refractivity contribution in [1.29, 1.82) is 0 Å². The number of aliphatic hydroxyl groups is 1. The Morgan fingerprint density at radius 1 is 1.41 bits per heavy atom. The molecule has 1 atom stereocenters. The van der Waals surface area contributed by atoms with Gasteiger partial charge in [-0.2, -0.15) is 0 Å². The summed E-state index contributed by atoms with van der Waals surface area (Å²) in [6, 6.07) is 1.57. The van der Waals surface area contributed by atoms with Gasteiger partial charge in [-0.05, 0) is 21.0 Å². The molecule has 5 nitrogen and oxygen atoms in total. The lowest BCUT2D eigenvalue weighted by Crippen LogP contribution is -2.43. The highest BCUT2D eigenvalue weighted by atomic mass is 35.5. The fourth-order valence-corrected chi connectivity index (χ4v) is 1.81. The molecule has 0 spiro atoms. The average Bonchev–Trinajstić information content (AvgIpc) is 2.17. The van der Waals surface area contributed by atoms with E-state index in [1.807, 2.05) is 19.0 Å². The molecule has 0 saturated carbocycles. The van der Waals surface area contributed by atoms with Crippen molar-refractivity contribution < 1.29 is 5.11 Å². The molecule has 0 bridgehead atoms. The summed E-state index contributed by atoms with van der Waals surface area (Å²) in [5, 5.41) is 20.9. The first kappa shape index (κ1) is 14.4. The molecule has 2 N–H and O–H groups in total. The standard InChI is InChI=1S/C10H16Cl2N4O/c1-10(17,6-16(2)3)5-13-7-4-8(11)14-15-9(7)12/h4,17H,5-6H2,1-3H3,(H,13,14). The Bertz CT molecular complexity index is 385. The molecule has 0 aliphatic rings. The van der Waals surface area contributed by atoms with Crippen LogP contribution in [0.2, 0.25) is 10.3 Å². The Kier molecular flexibility index (Phi) is 4.94. The van der Waals surface area contributed by atoms with Gasteiger partial charge in [0, 0.05) is 19.2 Å². The molecular weight excluding hydrogens is 263 g/mol. The lowest BCUT2D eigenvalue weighted by molar-refractivity contribution is 0.0460. The van der Waals surface area contributed by atoms with Crippen LogP contribution in [0.3, 0.4) is 0 Å². The fourth-order valence-electron chi connectivity index (χ4n) is 1.50. The molecule has 0 saturated heterocycles. The van der Waals surface area contributed by atoms with Gasteiger partial charge in [0.1, 0.15) is 0 Å². The highest BCUT2D eigenvalue weighted by Crippen LogP contribution is 2.21. The first-order valence-electron chi connectivity index (χ1n) is 5.10. The predicted molar refractivity (Wildman–Crippen MR) is 69.7 cm³/mol. The molecule has 96 valence electrons. The third-order valence-electron chi connectivity index (χ3n) is 2.04. The zero-order valence-corrected chi connectivity index (χ0v) is 11.5. The molecule has 0 radical (unpaired) electrons. The van der Waals surface area contributed by atoms with Gasteiger partial charge >= 0.3 is 0 Å². The van der Waals surface area contributed by atoms with E-state index >= 15 is 0 Å². The van der Waals surface area contributed by atoms with Crippen molar-refractivity contribution in [3.05, 3.63) is 16.4 Å². The van der Waals surface area contributed by atoms with E-state index in [4.69, 9.17) is 23.2 Å². The van der Waals surface area contributed by atoms with E-state index < -0.39 is 5.60 Å². The third kappa shape index (κ3) is 5.04. The predicted octanol–water partition coefficient (Wildman–Crippen LogP) is 1.51. The van der Waals surface area contributed by atoms with Crippen molar-refractivity contribution in [3.8, 4) is 0 Å². The molecule has 1 heterocycles. The molecule has 7 heteroatoms. The van der Waals surface area contributed by atoms with Gasteiger partial charge in [0.15, 0.2) is 10.3 Å². The maximum atomic E-state index is 10.1. The number of hydrogen-bond donors (Lipinski definition) is 2. The van der Waals surface area contributed by atoms with Crippen LogP contribution in [0.1, 0.15) is 6.92 Å². The first-order valence-corrected chi connectivity index (χ1v) is 5.85. The molecule has 0 amide bonds. The number of rotatable bonds is 5. The van der Waals surface area contributed by atoms with Crippen molar-refractivity contribution >= 4 is 28.9 Å². The van der Waals surface area contributed by atoms with E-state index in [1.54, 1.807) is 13.0 Å².